The number of carbonyl (C=O) groups is 2. The van der Waals surface area contributed by atoms with E-state index < -0.39 is 0 Å². The van der Waals surface area contributed by atoms with Gasteiger partial charge >= 0.3 is 0 Å². The zero-order valence-corrected chi connectivity index (χ0v) is 17.5. The highest BCUT2D eigenvalue weighted by Gasteiger charge is 2.11. The summed E-state index contributed by atoms with van der Waals surface area (Å²) < 4.78 is 6.58. The van der Waals surface area contributed by atoms with Crippen molar-refractivity contribution >= 4 is 39.9 Å². The number of nitrogens with zero attached hydrogens (tertiary/aromatic N) is 1. The Morgan fingerprint density at radius 1 is 1.13 bits per heavy atom. The van der Waals surface area contributed by atoms with Crippen LogP contribution in [0.15, 0.2) is 53.5 Å². The molecule has 0 aliphatic rings. The molecular formula is C22H22ClN3O4. The molecule has 0 aliphatic heterocycles. The van der Waals surface area contributed by atoms with Crippen LogP contribution in [0.5, 0.6) is 5.75 Å². The van der Waals surface area contributed by atoms with Crippen LogP contribution in [0.2, 0.25) is 5.02 Å². The van der Waals surface area contributed by atoms with Crippen molar-refractivity contribution in [3.63, 3.8) is 0 Å². The fraction of sp³-hybridized carbons (Fsp3) is 0.227. The quantitative estimate of drug-likeness (QED) is 0.606. The van der Waals surface area contributed by atoms with Crippen molar-refractivity contribution in [2.45, 2.75) is 19.9 Å². The number of hydrogen-bond donors (Lipinski definition) is 2. The molecule has 1 heterocycles. The van der Waals surface area contributed by atoms with Crippen LogP contribution < -0.4 is 20.9 Å². The Labute approximate surface area is 178 Å². The molecule has 1 aromatic heterocycles. The van der Waals surface area contributed by atoms with E-state index in [-0.39, 0.29) is 36.9 Å². The minimum Gasteiger partial charge on any atom is -0.495 e. The summed E-state index contributed by atoms with van der Waals surface area (Å²) in [6.45, 7) is 1.85. The van der Waals surface area contributed by atoms with Gasteiger partial charge in [0.15, 0.2) is 0 Å². The van der Waals surface area contributed by atoms with E-state index >= 15 is 0 Å². The third-order valence-corrected chi connectivity index (χ3v) is 5.04. The lowest BCUT2D eigenvalue weighted by Crippen LogP contribution is -2.33. The smallest absolute Gasteiger partial charge is 0.258 e. The minimum atomic E-state index is -0.347. The summed E-state index contributed by atoms with van der Waals surface area (Å²) in [5.74, 6) is -0.169. The van der Waals surface area contributed by atoms with Crippen LogP contribution in [0.4, 0.5) is 5.69 Å². The Bertz CT molecular complexity index is 1160. The molecule has 0 bridgehead atoms. The summed E-state index contributed by atoms with van der Waals surface area (Å²) in [7, 11) is 1.49. The SMILES string of the molecule is COc1cc(Cl)c(C)cc1NC(=O)CCNC(=O)Cn1ccc2ccccc2c1=O. The first kappa shape index (κ1) is 21.4. The molecule has 0 atom stereocenters. The number of pyridine rings is 1. The number of aryl methyl sites for hydroxylation is 1. The van der Waals surface area contributed by atoms with Gasteiger partial charge in [-0.1, -0.05) is 29.8 Å². The molecule has 2 N–H and O–H groups in total. The first-order chi connectivity index (χ1) is 14.4. The molecule has 7 nitrogen and oxygen atoms in total. The highest BCUT2D eigenvalue weighted by atomic mass is 35.5. The number of nitrogens with one attached hydrogen (secondary N) is 2. The Hall–Kier alpha value is -3.32. The molecule has 0 aliphatic carbocycles. The molecule has 2 amide bonds. The van der Waals surface area contributed by atoms with Crippen molar-refractivity contribution in [2.24, 2.45) is 0 Å². The molecule has 3 aromatic rings. The molecule has 156 valence electrons. The van der Waals surface area contributed by atoms with Gasteiger partial charge in [-0.3, -0.25) is 14.4 Å². The van der Waals surface area contributed by atoms with Crippen LogP contribution in [0.3, 0.4) is 0 Å². The zero-order valence-electron chi connectivity index (χ0n) is 16.7. The average molecular weight is 428 g/mol. The second-order valence-corrected chi connectivity index (χ2v) is 7.19. The normalized spacial score (nSPS) is 10.6. The Kier molecular flexibility index (Phi) is 6.74. The van der Waals surface area contributed by atoms with Gasteiger partial charge in [0.1, 0.15) is 12.3 Å². The van der Waals surface area contributed by atoms with Crippen LogP contribution in [0.1, 0.15) is 12.0 Å². The van der Waals surface area contributed by atoms with E-state index in [1.54, 1.807) is 36.5 Å². The van der Waals surface area contributed by atoms with E-state index in [0.717, 1.165) is 10.9 Å². The molecule has 8 heteroatoms. The average Bonchev–Trinajstić information content (AvgIpc) is 2.72. The summed E-state index contributed by atoms with van der Waals surface area (Å²) in [5, 5.41) is 7.33. The molecule has 2 aromatic carbocycles. The number of hydrogen-bond acceptors (Lipinski definition) is 4. The number of rotatable bonds is 7. The molecule has 0 radical (unpaired) electrons. The maximum absolute atomic E-state index is 12.5. The second kappa shape index (κ2) is 9.45. The zero-order chi connectivity index (χ0) is 21.7. The van der Waals surface area contributed by atoms with Crippen LogP contribution in [0.25, 0.3) is 10.8 Å². The Morgan fingerprint density at radius 2 is 1.90 bits per heavy atom. The van der Waals surface area contributed by atoms with E-state index in [1.807, 2.05) is 19.1 Å². The molecule has 0 unspecified atom stereocenters. The summed E-state index contributed by atoms with van der Waals surface area (Å²) in [5.41, 5.74) is 1.09. The van der Waals surface area contributed by atoms with Gasteiger partial charge in [-0.2, -0.15) is 0 Å². The third-order valence-electron chi connectivity index (χ3n) is 4.63. The maximum Gasteiger partial charge on any atom is 0.258 e. The van der Waals surface area contributed by atoms with E-state index in [0.29, 0.717) is 21.8 Å². The van der Waals surface area contributed by atoms with Crippen molar-refractivity contribution in [3.8, 4) is 5.75 Å². The van der Waals surface area contributed by atoms with E-state index in [9.17, 15) is 14.4 Å². The fourth-order valence-corrected chi connectivity index (χ4v) is 3.18. The van der Waals surface area contributed by atoms with Crippen molar-refractivity contribution in [1.82, 2.24) is 9.88 Å². The van der Waals surface area contributed by atoms with E-state index in [1.165, 1.54) is 11.7 Å². The number of halogens is 1. The molecule has 0 saturated carbocycles. The van der Waals surface area contributed by atoms with E-state index in [2.05, 4.69) is 10.6 Å². The van der Waals surface area contributed by atoms with Crippen LogP contribution >= 0.6 is 11.6 Å². The first-order valence-electron chi connectivity index (χ1n) is 9.38. The van der Waals surface area contributed by atoms with Gasteiger partial charge in [0.05, 0.1) is 12.8 Å². The maximum atomic E-state index is 12.5. The van der Waals surface area contributed by atoms with Crippen LogP contribution in [0, 0.1) is 6.92 Å². The summed E-state index contributed by atoms with van der Waals surface area (Å²) in [6.07, 6.45) is 1.66. The number of aromatic nitrogens is 1. The van der Waals surface area contributed by atoms with Gasteiger partial charge in [0, 0.05) is 35.6 Å². The third kappa shape index (κ3) is 4.99. The number of amides is 2. The lowest BCUT2D eigenvalue weighted by atomic mass is 10.2. The molecular weight excluding hydrogens is 406 g/mol. The number of fused-ring (bicyclic) bond motifs is 1. The van der Waals surface area contributed by atoms with Gasteiger partial charge < -0.3 is 19.9 Å². The lowest BCUT2D eigenvalue weighted by Gasteiger charge is -2.12. The van der Waals surface area contributed by atoms with Crippen LogP contribution in [-0.4, -0.2) is 30.0 Å². The molecule has 30 heavy (non-hydrogen) atoms. The summed E-state index contributed by atoms with van der Waals surface area (Å²) in [4.78, 5) is 36.9. The molecule has 0 spiro atoms. The predicted molar refractivity (Wildman–Crippen MR) is 117 cm³/mol. The van der Waals surface area contributed by atoms with E-state index in [4.69, 9.17) is 16.3 Å². The van der Waals surface area contributed by atoms with Gasteiger partial charge in [0.25, 0.3) is 5.56 Å². The van der Waals surface area contributed by atoms with Crippen LogP contribution in [-0.2, 0) is 16.1 Å². The van der Waals surface area contributed by atoms with Gasteiger partial charge in [-0.15, -0.1) is 0 Å². The number of carbonyl (C=O) groups excluding carboxylic acids is 2. The van der Waals surface area contributed by atoms with Crippen molar-refractivity contribution in [1.29, 1.82) is 0 Å². The highest BCUT2D eigenvalue weighted by Crippen LogP contribution is 2.30. The van der Waals surface area contributed by atoms with Gasteiger partial charge in [-0.05, 0) is 36.1 Å². The molecule has 3 rings (SSSR count). The highest BCUT2D eigenvalue weighted by molar-refractivity contribution is 6.31. The Morgan fingerprint density at radius 3 is 2.67 bits per heavy atom. The standard InChI is InChI=1S/C22H22ClN3O4/c1-14-11-18(19(30-2)12-17(14)23)25-20(27)7-9-24-21(28)13-26-10-8-15-5-3-4-6-16(15)22(26)29/h3-6,8,10-12H,7,9,13H2,1-2H3,(H,24,28)(H,25,27). The minimum absolute atomic E-state index is 0.0726. The topological polar surface area (TPSA) is 89.4 Å². The number of benzene rings is 2. The monoisotopic (exact) mass is 427 g/mol. The number of anilines is 1. The fourth-order valence-electron chi connectivity index (χ4n) is 3.02. The predicted octanol–water partition coefficient (Wildman–Crippen LogP) is 3.12. The largest absolute Gasteiger partial charge is 0.495 e. The van der Waals surface area contributed by atoms with Gasteiger partial charge in [-0.25, -0.2) is 0 Å². The van der Waals surface area contributed by atoms with Crippen molar-refractivity contribution in [3.05, 3.63) is 69.6 Å². The summed E-state index contributed by atoms with van der Waals surface area (Å²) in [6, 6.07) is 12.4. The lowest BCUT2D eigenvalue weighted by molar-refractivity contribution is -0.121. The second-order valence-electron chi connectivity index (χ2n) is 6.79. The number of ether oxygens (including phenoxy) is 1. The van der Waals surface area contributed by atoms with Crippen molar-refractivity contribution < 1.29 is 14.3 Å². The first-order valence-corrected chi connectivity index (χ1v) is 9.75. The van der Waals surface area contributed by atoms with Crippen molar-refractivity contribution in [2.75, 3.05) is 19.0 Å². The Balaban J connectivity index is 1.54. The van der Waals surface area contributed by atoms with Gasteiger partial charge in [0.2, 0.25) is 11.8 Å². The molecule has 0 fully saturated rings. The molecule has 0 saturated heterocycles. The number of methoxy groups -OCH3 is 1. The summed E-state index contributed by atoms with van der Waals surface area (Å²) >= 11 is 6.06.